The third-order valence-corrected chi connectivity index (χ3v) is 6.62. The third-order valence-electron chi connectivity index (χ3n) is 4.93. The van der Waals surface area contributed by atoms with Crippen LogP contribution in [0.5, 0.6) is 5.75 Å². The number of carbonyl (C=O) groups excluding carboxylic acids is 1. The lowest BCUT2D eigenvalue weighted by Gasteiger charge is -2.13. The molecule has 0 atom stereocenters. The molecule has 0 fully saturated rings. The predicted octanol–water partition coefficient (Wildman–Crippen LogP) is 3.39. The number of fused-ring (bicyclic) bond motifs is 1. The van der Waals surface area contributed by atoms with Crippen LogP contribution in [-0.4, -0.2) is 32.3 Å². The highest BCUT2D eigenvalue weighted by molar-refractivity contribution is 7.92. The molecule has 1 aromatic heterocycles. The van der Waals surface area contributed by atoms with Crippen LogP contribution < -0.4 is 20.5 Å². The first-order chi connectivity index (χ1) is 15.7. The number of carbonyl (C=O) groups is 1. The largest absolute Gasteiger partial charge is 0.495 e. The Morgan fingerprint density at radius 1 is 1.15 bits per heavy atom. The molecule has 3 aromatic rings. The fraction of sp³-hybridized carbons (Fsp3) is 0.136. The number of hydrogen-bond donors (Lipinski definition) is 3. The Kier molecular flexibility index (Phi) is 5.96. The molecule has 1 aliphatic heterocycles. The molecule has 0 aliphatic carbocycles. The number of rotatable bonds is 6. The van der Waals surface area contributed by atoms with Gasteiger partial charge in [-0.25, -0.2) is 13.4 Å². The molecule has 0 spiro atoms. The first kappa shape index (κ1) is 22.6. The molecule has 1 aliphatic rings. The molecule has 0 saturated carbocycles. The zero-order chi connectivity index (χ0) is 23.8. The lowest BCUT2D eigenvalue weighted by Crippen LogP contribution is -2.14. The molecule has 2 heterocycles. The molecule has 0 saturated heterocycles. The van der Waals surface area contributed by atoms with Gasteiger partial charge < -0.3 is 15.8 Å². The molecular weight excluding hydrogens is 466 g/mol. The van der Waals surface area contributed by atoms with Crippen LogP contribution in [0.15, 0.2) is 58.4 Å². The van der Waals surface area contributed by atoms with E-state index < -0.39 is 10.0 Å². The van der Waals surface area contributed by atoms with Crippen molar-refractivity contribution in [2.24, 2.45) is 10.7 Å². The van der Waals surface area contributed by atoms with Crippen LogP contribution in [0.1, 0.15) is 18.2 Å². The maximum Gasteiger partial charge on any atom is 0.261 e. The summed E-state index contributed by atoms with van der Waals surface area (Å²) in [7, 11) is -2.55. The van der Waals surface area contributed by atoms with Gasteiger partial charge in [-0.3, -0.25) is 14.5 Å². The number of anilines is 2. The number of aromatic nitrogens is 1. The number of halogens is 1. The van der Waals surface area contributed by atoms with Gasteiger partial charge in [-0.2, -0.15) is 0 Å². The van der Waals surface area contributed by atoms with E-state index in [4.69, 9.17) is 22.1 Å². The van der Waals surface area contributed by atoms with E-state index in [2.05, 4.69) is 20.0 Å². The number of aliphatic imine (C=N–C) groups is 1. The summed E-state index contributed by atoms with van der Waals surface area (Å²) in [6.45, 7) is 1.82. The van der Waals surface area contributed by atoms with Crippen molar-refractivity contribution < 1.29 is 17.9 Å². The van der Waals surface area contributed by atoms with Crippen LogP contribution in [0.3, 0.4) is 0 Å². The zero-order valence-electron chi connectivity index (χ0n) is 17.7. The summed E-state index contributed by atoms with van der Waals surface area (Å²) in [5.41, 5.74) is 9.18. The lowest BCUT2D eigenvalue weighted by molar-refractivity contribution is -0.114. The second-order valence-electron chi connectivity index (χ2n) is 7.25. The second-order valence-corrected chi connectivity index (χ2v) is 9.34. The average molecular weight is 486 g/mol. The summed E-state index contributed by atoms with van der Waals surface area (Å²) in [6, 6.07) is 12.6. The first-order valence-electron chi connectivity index (χ1n) is 9.76. The van der Waals surface area contributed by atoms with Gasteiger partial charge in [0.1, 0.15) is 17.3 Å². The van der Waals surface area contributed by atoms with E-state index in [1.807, 2.05) is 12.1 Å². The first-order valence-corrected chi connectivity index (χ1v) is 11.6. The van der Waals surface area contributed by atoms with Crippen LogP contribution in [0.2, 0.25) is 5.02 Å². The number of amidine groups is 1. The quantitative estimate of drug-likeness (QED) is 0.489. The van der Waals surface area contributed by atoms with Crippen molar-refractivity contribution >= 4 is 44.7 Å². The highest BCUT2D eigenvalue weighted by Crippen LogP contribution is 2.32. The van der Waals surface area contributed by atoms with Crippen molar-refractivity contribution in [3.8, 4) is 17.0 Å². The Hall–Kier alpha value is -3.63. The monoisotopic (exact) mass is 485 g/mol. The van der Waals surface area contributed by atoms with E-state index in [1.54, 1.807) is 12.1 Å². The van der Waals surface area contributed by atoms with E-state index in [1.165, 1.54) is 38.3 Å². The highest BCUT2D eigenvalue weighted by atomic mass is 35.5. The van der Waals surface area contributed by atoms with Gasteiger partial charge in [-0.15, -0.1) is 0 Å². The molecule has 4 N–H and O–H groups in total. The minimum atomic E-state index is -3.97. The molecular formula is C22H20ClN5O4S. The molecule has 170 valence electrons. The third kappa shape index (κ3) is 4.62. The Morgan fingerprint density at radius 2 is 1.94 bits per heavy atom. The summed E-state index contributed by atoms with van der Waals surface area (Å²) in [5, 5.41) is 2.86. The van der Waals surface area contributed by atoms with Crippen molar-refractivity contribution in [1.82, 2.24) is 4.98 Å². The number of sulfonamides is 1. The van der Waals surface area contributed by atoms with Crippen molar-refractivity contribution in [3.63, 3.8) is 0 Å². The second kappa shape index (κ2) is 8.72. The topological polar surface area (TPSA) is 136 Å². The minimum Gasteiger partial charge on any atom is -0.495 e. The van der Waals surface area contributed by atoms with Gasteiger partial charge in [0, 0.05) is 18.1 Å². The van der Waals surface area contributed by atoms with Gasteiger partial charge in [0.2, 0.25) is 5.91 Å². The van der Waals surface area contributed by atoms with Gasteiger partial charge in [-0.1, -0.05) is 17.7 Å². The van der Waals surface area contributed by atoms with E-state index >= 15 is 0 Å². The molecule has 0 radical (unpaired) electrons. The number of benzene rings is 2. The lowest BCUT2D eigenvalue weighted by atomic mass is 10.1. The van der Waals surface area contributed by atoms with Crippen molar-refractivity contribution in [3.05, 3.63) is 64.8 Å². The summed E-state index contributed by atoms with van der Waals surface area (Å²) in [4.78, 5) is 20.1. The molecule has 33 heavy (non-hydrogen) atoms. The molecule has 9 nitrogen and oxygen atoms in total. The minimum absolute atomic E-state index is 0.0534. The van der Waals surface area contributed by atoms with Gasteiger partial charge in [0.25, 0.3) is 10.0 Å². The number of nitrogens with one attached hydrogen (secondary N) is 2. The number of nitrogens with two attached hydrogens (primary N) is 1. The Bertz CT molecular complexity index is 1410. The normalized spacial score (nSPS) is 12.6. The molecule has 4 rings (SSSR count). The highest BCUT2D eigenvalue weighted by Gasteiger charge is 2.20. The summed E-state index contributed by atoms with van der Waals surface area (Å²) in [6.07, 6.45) is 0. The molecule has 0 bridgehead atoms. The number of methoxy groups -OCH3 is 1. The van der Waals surface area contributed by atoms with Crippen LogP contribution in [0.4, 0.5) is 11.4 Å². The van der Waals surface area contributed by atoms with Crippen LogP contribution in [0.25, 0.3) is 11.3 Å². The smallest absolute Gasteiger partial charge is 0.261 e. The van der Waals surface area contributed by atoms with Crippen LogP contribution in [0, 0.1) is 0 Å². The van der Waals surface area contributed by atoms with Gasteiger partial charge >= 0.3 is 0 Å². The van der Waals surface area contributed by atoms with Crippen LogP contribution >= 0.6 is 11.6 Å². The number of amides is 1. The SMILES string of the molecule is COc1ccc(S(=O)(=O)Nc2ccc(-c3ccc4c(n3)C(N)=NC4)c(Cl)c2)cc1NC(C)=O. The standard InChI is InChI=1S/C22H20ClN5O4S/c1-12(29)26-19-10-15(5-8-20(19)32-2)33(30,31)28-14-4-6-16(17(23)9-14)18-7-3-13-11-25-22(24)21(13)27-18/h3-10,28H,11H2,1-2H3,(H2,24,25)(H,26,29). The van der Waals surface area contributed by atoms with Crippen molar-refractivity contribution in [1.29, 1.82) is 0 Å². The van der Waals surface area contributed by atoms with Crippen molar-refractivity contribution in [2.75, 3.05) is 17.1 Å². The zero-order valence-corrected chi connectivity index (χ0v) is 19.3. The van der Waals surface area contributed by atoms with E-state index in [0.29, 0.717) is 40.1 Å². The average Bonchev–Trinajstić information content (AvgIpc) is 3.13. The fourth-order valence-electron chi connectivity index (χ4n) is 3.37. The number of ether oxygens (including phenoxy) is 1. The number of hydrogen-bond acceptors (Lipinski definition) is 7. The predicted molar refractivity (Wildman–Crippen MR) is 127 cm³/mol. The number of pyridine rings is 1. The fourth-order valence-corrected chi connectivity index (χ4v) is 4.73. The molecule has 0 unspecified atom stereocenters. The maximum atomic E-state index is 12.9. The van der Waals surface area contributed by atoms with Gasteiger partial charge in [0.15, 0.2) is 0 Å². The molecule has 11 heteroatoms. The van der Waals surface area contributed by atoms with E-state index in [9.17, 15) is 13.2 Å². The van der Waals surface area contributed by atoms with E-state index in [-0.39, 0.29) is 22.2 Å². The van der Waals surface area contributed by atoms with E-state index in [0.717, 1.165) is 5.56 Å². The summed E-state index contributed by atoms with van der Waals surface area (Å²) >= 11 is 6.45. The maximum absolute atomic E-state index is 12.9. The summed E-state index contributed by atoms with van der Waals surface area (Å²) in [5.74, 6) is 0.362. The van der Waals surface area contributed by atoms with Crippen LogP contribution in [-0.2, 0) is 21.4 Å². The Morgan fingerprint density at radius 3 is 2.64 bits per heavy atom. The van der Waals surface area contributed by atoms with Gasteiger partial charge in [0.05, 0.1) is 40.6 Å². The Labute approximate surface area is 195 Å². The summed E-state index contributed by atoms with van der Waals surface area (Å²) < 4.78 is 33.5. The molecule has 1 amide bonds. The number of nitrogens with zero attached hydrogens (tertiary/aromatic N) is 2. The Balaban J connectivity index is 1.61. The van der Waals surface area contributed by atoms with Crippen molar-refractivity contribution in [2.45, 2.75) is 18.4 Å². The van der Waals surface area contributed by atoms with Gasteiger partial charge in [-0.05, 0) is 42.5 Å². The molecule has 2 aromatic carbocycles.